The van der Waals surface area contributed by atoms with Gasteiger partial charge < -0.3 is 20.0 Å². The van der Waals surface area contributed by atoms with E-state index in [1.54, 1.807) is 11.9 Å². The number of rotatable bonds is 3. The lowest BCUT2D eigenvalue weighted by molar-refractivity contribution is -0.126. The fourth-order valence-corrected chi connectivity index (χ4v) is 2.03. The number of hydrogen-bond acceptors (Lipinski definition) is 4. The molecule has 0 bridgehead atoms. The van der Waals surface area contributed by atoms with Crippen LogP contribution in [-0.2, 0) is 4.79 Å². The molecule has 2 N–H and O–H groups in total. The number of likely N-dealkylation sites (N-methyl/N-ethyl adjacent to an activating group) is 1. The number of anilines is 2. The van der Waals surface area contributed by atoms with Crippen molar-refractivity contribution < 1.29 is 15.0 Å². The van der Waals surface area contributed by atoms with Crippen molar-refractivity contribution in [2.24, 2.45) is 0 Å². The number of amides is 1. The van der Waals surface area contributed by atoms with Gasteiger partial charge in [0.1, 0.15) is 0 Å². The van der Waals surface area contributed by atoms with Gasteiger partial charge in [0, 0.05) is 20.2 Å². The largest absolute Gasteiger partial charge is 0.396 e. The smallest absolute Gasteiger partial charge is 0.276 e. The molecule has 1 atom stereocenters. The summed E-state index contributed by atoms with van der Waals surface area (Å²) in [5.41, 5.74) is 1.59. The molecule has 1 aliphatic rings. The van der Waals surface area contributed by atoms with Gasteiger partial charge in [-0.15, -0.1) is 0 Å². The fraction of sp³-hybridized carbons (Fsp3) is 0.417. The van der Waals surface area contributed by atoms with E-state index in [0.29, 0.717) is 13.0 Å². The first-order valence-electron chi connectivity index (χ1n) is 5.59. The van der Waals surface area contributed by atoms with Crippen LogP contribution in [0.4, 0.5) is 11.4 Å². The summed E-state index contributed by atoms with van der Waals surface area (Å²) >= 11 is 0. The summed E-state index contributed by atoms with van der Waals surface area (Å²) in [6.45, 7) is 0.490. The Morgan fingerprint density at radius 2 is 1.94 bits per heavy atom. The second-order valence-electron chi connectivity index (χ2n) is 4.03. The van der Waals surface area contributed by atoms with Gasteiger partial charge in [-0.3, -0.25) is 4.79 Å². The third kappa shape index (κ3) is 1.99. The van der Waals surface area contributed by atoms with Crippen LogP contribution < -0.4 is 9.80 Å². The number of carbonyl (C=O) groups excluding carboxylic acids is 1. The number of carbonyl (C=O) groups is 1. The monoisotopic (exact) mass is 236 g/mol. The van der Waals surface area contributed by atoms with Crippen molar-refractivity contribution in [1.29, 1.82) is 0 Å². The van der Waals surface area contributed by atoms with E-state index in [4.69, 9.17) is 5.11 Å². The highest BCUT2D eigenvalue weighted by Gasteiger charge is 2.34. The zero-order chi connectivity index (χ0) is 12.4. The Kier molecular flexibility index (Phi) is 3.31. The van der Waals surface area contributed by atoms with Gasteiger partial charge in [-0.05, 0) is 18.6 Å². The molecular weight excluding hydrogens is 220 g/mol. The Bertz CT molecular complexity index is 422. The first-order valence-corrected chi connectivity index (χ1v) is 5.59. The van der Waals surface area contributed by atoms with E-state index in [2.05, 4.69) is 0 Å². The van der Waals surface area contributed by atoms with Gasteiger partial charge in [-0.25, -0.2) is 0 Å². The maximum Gasteiger partial charge on any atom is 0.276 e. The number of aliphatic hydroxyl groups excluding tert-OH is 2. The minimum atomic E-state index is -1.17. The maximum absolute atomic E-state index is 11.8. The SMILES string of the molecule is CN1C(=O)C(O)N(CCCO)c2ccccc21. The predicted octanol–water partition coefficient (Wildman–Crippen LogP) is 0.170. The van der Waals surface area contributed by atoms with Crippen LogP contribution >= 0.6 is 0 Å². The minimum absolute atomic E-state index is 0.0371. The highest BCUT2D eigenvalue weighted by atomic mass is 16.3. The zero-order valence-electron chi connectivity index (χ0n) is 9.71. The molecule has 0 aromatic heterocycles. The zero-order valence-corrected chi connectivity index (χ0v) is 9.71. The second-order valence-corrected chi connectivity index (χ2v) is 4.03. The standard InChI is InChI=1S/C12H16N2O3/c1-13-9-5-2-3-6-10(9)14(7-4-8-15)12(17)11(13)16/h2-3,5-6,12,15,17H,4,7-8H2,1H3. The molecule has 17 heavy (non-hydrogen) atoms. The molecule has 1 aliphatic heterocycles. The molecule has 92 valence electrons. The Balaban J connectivity index is 2.38. The summed E-state index contributed by atoms with van der Waals surface area (Å²) in [7, 11) is 1.65. The molecular formula is C12H16N2O3. The van der Waals surface area contributed by atoms with Crippen molar-refractivity contribution in [3.63, 3.8) is 0 Å². The first kappa shape index (κ1) is 11.9. The van der Waals surface area contributed by atoms with Gasteiger partial charge in [0.05, 0.1) is 11.4 Å². The van der Waals surface area contributed by atoms with E-state index < -0.39 is 6.23 Å². The second kappa shape index (κ2) is 4.73. The van der Waals surface area contributed by atoms with Crippen LogP contribution in [0.15, 0.2) is 24.3 Å². The molecule has 2 rings (SSSR count). The van der Waals surface area contributed by atoms with E-state index in [0.717, 1.165) is 11.4 Å². The van der Waals surface area contributed by atoms with Gasteiger partial charge >= 0.3 is 0 Å². The summed E-state index contributed by atoms with van der Waals surface area (Å²) in [4.78, 5) is 14.9. The number of fused-ring (bicyclic) bond motifs is 1. The Morgan fingerprint density at radius 1 is 1.29 bits per heavy atom. The molecule has 0 aliphatic carbocycles. The molecule has 0 saturated carbocycles. The van der Waals surface area contributed by atoms with Crippen LogP contribution in [0.2, 0.25) is 0 Å². The highest BCUT2D eigenvalue weighted by molar-refractivity contribution is 6.04. The van der Waals surface area contributed by atoms with Gasteiger partial charge in [-0.2, -0.15) is 0 Å². The molecule has 0 spiro atoms. The van der Waals surface area contributed by atoms with Gasteiger partial charge in [0.25, 0.3) is 5.91 Å². The van der Waals surface area contributed by atoms with Crippen LogP contribution in [0.3, 0.4) is 0 Å². The van der Waals surface area contributed by atoms with E-state index in [9.17, 15) is 9.90 Å². The predicted molar refractivity (Wildman–Crippen MR) is 64.9 cm³/mol. The molecule has 0 saturated heterocycles. The lowest BCUT2D eigenvalue weighted by Crippen LogP contribution is -2.52. The maximum atomic E-state index is 11.8. The number of nitrogens with zero attached hydrogens (tertiary/aromatic N) is 2. The quantitative estimate of drug-likeness (QED) is 0.785. The third-order valence-electron chi connectivity index (χ3n) is 2.96. The summed E-state index contributed by atoms with van der Waals surface area (Å²) in [5.74, 6) is -0.346. The van der Waals surface area contributed by atoms with Crippen LogP contribution in [-0.4, -0.2) is 42.5 Å². The van der Waals surface area contributed by atoms with Crippen molar-refractivity contribution >= 4 is 17.3 Å². The first-order chi connectivity index (χ1) is 8.16. The number of para-hydroxylation sites is 2. The lowest BCUT2D eigenvalue weighted by atomic mass is 10.1. The van der Waals surface area contributed by atoms with Crippen LogP contribution in [0.25, 0.3) is 0 Å². The van der Waals surface area contributed by atoms with Crippen molar-refractivity contribution in [3.8, 4) is 0 Å². The molecule has 5 heteroatoms. The highest BCUT2D eigenvalue weighted by Crippen LogP contribution is 2.34. The molecule has 5 nitrogen and oxygen atoms in total. The lowest BCUT2D eigenvalue weighted by Gasteiger charge is -2.39. The van der Waals surface area contributed by atoms with Crippen LogP contribution in [0.5, 0.6) is 0 Å². The third-order valence-corrected chi connectivity index (χ3v) is 2.96. The summed E-state index contributed by atoms with van der Waals surface area (Å²) in [6, 6.07) is 7.41. The molecule has 1 amide bonds. The average molecular weight is 236 g/mol. The number of benzene rings is 1. The Labute approximate surface area is 99.9 Å². The average Bonchev–Trinajstić information content (AvgIpc) is 2.36. The van der Waals surface area contributed by atoms with Gasteiger partial charge in [0.2, 0.25) is 6.23 Å². The minimum Gasteiger partial charge on any atom is -0.396 e. The summed E-state index contributed by atoms with van der Waals surface area (Å²) in [5, 5.41) is 18.8. The molecule has 1 unspecified atom stereocenters. The van der Waals surface area contributed by atoms with E-state index in [-0.39, 0.29) is 12.5 Å². The topological polar surface area (TPSA) is 64.0 Å². The van der Waals surface area contributed by atoms with E-state index in [1.165, 1.54) is 4.90 Å². The molecule has 1 aromatic rings. The summed E-state index contributed by atoms with van der Waals surface area (Å²) < 4.78 is 0. The number of hydrogen-bond donors (Lipinski definition) is 2. The van der Waals surface area contributed by atoms with E-state index >= 15 is 0 Å². The van der Waals surface area contributed by atoms with Gasteiger partial charge in [0.15, 0.2) is 0 Å². The Hall–Kier alpha value is -1.59. The molecule has 1 aromatic carbocycles. The Morgan fingerprint density at radius 3 is 2.59 bits per heavy atom. The summed E-state index contributed by atoms with van der Waals surface area (Å²) in [6.07, 6.45) is -0.649. The van der Waals surface area contributed by atoms with Crippen molar-refractivity contribution in [2.45, 2.75) is 12.6 Å². The molecule has 0 fully saturated rings. The molecule has 0 radical (unpaired) electrons. The van der Waals surface area contributed by atoms with E-state index in [1.807, 2.05) is 24.3 Å². The number of aliphatic hydroxyl groups is 2. The van der Waals surface area contributed by atoms with Crippen LogP contribution in [0.1, 0.15) is 6.42 Å². The van der Waals surface area contributed by atoms with Crippen LogP contribution in [0, 0.1) is 0 Å². The van der Waals surface area contributed by atoms with Crippen molar-refractivity contribution in [3.05, 3.63) is 24.3 Å². The fourth-order valence-electron chi connectivity index (χ4n) is 2.03. The normalized spacial score (nSPS) is 19.5. The van der Waals surface area contributed by atoms with Crippen molar-refractivity contribution in [1.82, 2.24) is 0 Å². The molecule has 1 heterocycles. The van der Waals surface area contributed by atoms with Gasteiger partial charge in [-0.1, -0.05) is 12.1 Å². The van der Waals surface area contributed by atoms with Crippen molar-refractivity contribution in [2.75, 3.05) is 30.0 Å².